The maximum absolute atomic E-state index is 14.2. The largest absolute Gasteiger partial charge is 0.494 e. The van der Waals surface area contributed by atoms with Crippen molar-refractivity contribution in [1.82, 2.24) is 5.32 Å². The van der Waals surface area contributed by atoms with Crippen molar-refractivity contribution in [3.8, 4) is 5.75 Å². The molecule has 0 radical (unpaired) electrons. The van der Waals surface area contributed by atoms with E-state index in [1.54, 1.807) is 6.07 Å². The van der Waals surface area contributed by atoms with Crippen molar-refractivity contribution in [1.29, 1.82) is 0 Å². The van der Waals surface area contributed by atoms with Crippen molar-refractivity contribution in [3.05, 3.63) is 63.9 Å². The van der Waals surface area contributed by atoms with E-state index in [1.807, 2.05) is 44.2 Å². The van der Waals surface area contributed by atoms with E-state index in [0.717, 1.165) is 22.3 Å². The van der Waals surface area contributed by atoms with E-state index >= 15 is 0 Å². The molecule has 21 heavy (non-hydrogen) atoms. The maximum Gasteiger partial charge on any atom is 0.128 e. The Morgan fingerprint density at radius 3 is 2.71 bits per heavy atom. The lowest BCUT2D eigenvalue weighted by molar-refractivity contribution is 0.339. The SMILES string of the molecule is CCNC(c1cccc(OCC)c1)c1cc(Br)ccc1F. The van der Waals surface area contributed by atoms with Crippen molar-refractivity contribution >= 4 is 15.9 Å². The first-order chi connectivity index (χ1) is 10.2. The van der Waals surface area contributed by atoms with Crippen LogP contribution in [-0.2, 0) is 0 Å². The number of rotatable bonds is 6. The van der Waals surface area contributed by atoms with E-state index in [2.05, 4.69) is 21.2 Å². The minimum absolute atomic E-state index is 0.201. The Morgan fingerprint density at radius 1 is 1.19 bits per heavy atom. The van der Waals surface area contributed by atoms with Gasteiger partial charge in [0.25, 0.3) is 0 Å². The van der Waals surface area contributed by atoms with Crippen LogP contribution < -0.4 is 10.1 Å². The van der Waals surface area contributed by atoms with Crippen LogP contribution >= 0.6 is 15.9 Å². The summed E-state index contributed by atoms with van der Waals surface area (Å²) in [7, 11) is 0. The van der Waals surface area contributed by atoms with E-state index in [1.165, 1.54) is 6.07 Å². The van der Waals surface area contributed by atoms with Gasteiger partial charge >= 0.3 is 0 Å². The minimum Gasteiger partial charge on any atom is -0.494 e. The topological polar surface area (TPSA) is 21.3 Å². The molecular formula is C17H19BrFNO. The summed E-state index contributed by atoms with van der Waals surface area (Å²) in [5, 5.41) is 3.34. The molecule has 0 aliphatic carbocycles. The third-order valence-electron chi connectivity index (χ3n) is 3.18. The third-order valence-corrected chi connectivity index (χ3v) is 3.67. The highest BCUT2D eigenvalue weighted by molar-refractivity contribution is 9.10. The van der Waals surface area contributed by atoms with Crippen LogP contribution in [0.15, 0.2) is 46.9 Å². The average molecular weight is 352 g/mol. The van der Waals surface area contributed by atoms with Gasteiger partial charge in [-0.05, 0) is 49.4 Å². The van der Waals surface area contributed by atoms with E-state index in [0.29, 0.717) is 12.2 Å². The fourth-order valence-electron chi connectivity index (χ4n) is 2.30. The summed E-state index contributed by atoms with van der Waals surface area (Å²) < 4.78 is 20.6. The number of nitrogens with one attached hydrogen (secondary N) is 1. The molecule has 0 fully saturated rings. The van der Waals surface area contributed by atoms with Crippen LogP contribution in [0.4, 0.5) is 4.39 Å². The molecule has 0 bridgehead atoms. The molecule has 0 aromatic heterocycles. The Balaban J connectivity index is 2.42. The Morgan fingerprint density at radius 2 is 2.00 bits per heavy atom. The van der Waals surface area contributed by atoms with E-state index < -0.39 is 0 Å². The second-order valence-electron chi connectivity index (χ2n) is 4.66. The molecule has 0 spiro atoms. The molecule has 112 valence electrons. The molecule has 0 amide bonds. The summed E-state index contributed by atoms with van der Waals surface area (Å²) in [4.78, 5) is 0. The number of hydrogen-bond donors (Lipinski definition) is 1. The summed E-state index contributed by atoms with van der Waals surface area (Å²) in [6.07, 6.45) is 0. The van der Waals surface area contributed by atoms with Gasteiger partial charge in [-0.2, -0.15) is 0 Å². The van der Waals surface area contributed by atoms with Gasteiger partial charge in [-0.25, -0.2) is 4.39 Å². The summed E-state index contributed by atoms with van der Waals surface area (Å²) in [5.41, 5.74) is 1.61. The lowest BCUT2D eigenvalue weighted by Crippen LogP contribution is -2.23. The van der Waals surface area contributed by atoms with Gasteiger partial charge in [0, 0.05) is 10.0 Å². The van der Waals surface area contributed by atoms with E-state index in [9.17, 15) is 4.39 Å². The van der Waals surface area contributed by atoms with Gasteiger partial charge in [-0.15, -0.1) is 0 Å². The molecule has 4 heteroatoms. The van der Waals surface area contributed by atoms with Gasteiger partial charge in [0.1, 0.15) is 11.6 Å². The molecule has 0 heterocycles. The molecule has 0 aliphatic heterocycles. The average Bonchev–Trinajstić information content (AvgIpc) is 2.48. The van der Waals surface area contributed by atoms with Crippen LogP contribution in [0.25, 0.3) is 0 Å². The Kier molecular flexibility index (Phi) is 5.76. The second-order valence-corrected chi connectivity index (χ2v) is 5.58. The van der Waals surface area contributed by atoms with Crippen molar-refractivity contribution in [2.24, 2.45) is 0 Å². The molecule has 1 atom stereocenters. The highest BCUT2D eigenvalue weighted by Gasteiger charge is 2.18. The van der Waals surface area contributed by atoms with Gasteiger partial charge in [-0.3, -0.25) is 0 Å². The van der Waals surface area contributed by atoms with Gasteiger partial charge in [0.2, 0.25) is 0 Å². The molecule has 2 aromatic carbocycles. The van der Waals surface area contributed by atoms with Crippen LogP contribution in [-0.4, -0.2) is 13.2 Å². The smallest absolute Gasteiger partial charge is 0.128 e. The lowest BCUT2D eigenvalue weighted by atomic mass is 9.98. The molecule has 0 saturated carbocycles. The summed E-state index contributed by atoms with van der Waals surface area (Å²) >= 11 is 3.41. The second kappa shape index (κ2) is 7.57. The Labute approximate surface area is 133 Å². The molecule has 2 nitrogen and oxygen atoms in total. The molecular weight excluding hydrogens is 333 g/mol. The molecule has 1 N–H and O–H groups in total. The number of benzene rings is 2. The third kappa shape index (κ3) is 4.05. The quantitative estimate of drug-likeness (QED) is 0.815. The zero-order valence-corrected chi connectivity index (χ0v) is 13.8. The molecule has 0 saturated heterocycles. The highest BCUT2D eigenvalue weighted by Crippen LogP contribution is 2.29. The fourth-order valence-corrected chi connectivity index (χ4v) is 2.68. The number of hydrogen-bond acceptors (Lipinski definition) is 2. The summed E-state index contributed by atoms with van der Waals surface area (Å²) in [6.45, 7) is 5.31. The lowest BCUT2D eigenvalue weighted by Gasteiger charge is -2.20. The summed E-state index contributed by atoms with van der Waals surface area (Å²) in [6, 6.07) is 12.6. The Hall–Kier alpha value is -1.39. The van der Waals surface area contributed by atoms with Gasteiger partial charge in [0.15, 0.2) is 0 Å². The van der Waals surface area contributed by atoms with E-state index in [4.69, 9.17) is 4.74 Å². The first-order valence-electron chi connectivity index (χ1n) is 7.06. The van der Waals surface area contributed by atoms with Crippen LogP contribution in [0, 0.1) is 5.82 Å². The van der Waals surface area contributed by atoms with Gasteiger partial charge in [0.05, 0.1) is 12.6 Å². The van der Waals surface area contributed by atoms with Gasteiger partial charge < -0.3 is 10.1 Å². The summed E-state index contributed by atoms with van der Waals surface area (Å²) in [5.74, 6) is 0.583. The van der Waals surface area contributed by atoms with Crippen LogP contribution in [0.5, 0.6) is 5.75 Å². The molecule has 0 aliphatic rings. The predicted octanol–water partition coefficient (Wildman–Crippen LogP) is 4.69. The van der Waals surface area contributed by atoms with Crippen molar-refractivity contribution in [3.63, 3.8) is 0 Å². The van der Waals surface area contributed by atoms with E-state index in [-0.39, 0.29) is 11.9 Å². The number of ether oxygens (including phenoxy) is 1. The van der Waals surface area contributed by atoms with Crippen molar-refractivity contribution in [2.75, 3.05) is 13.2 Å². The fraction of sp³-hybridized carbons (Fsp3) is 0.294. The minimum atomic E-state index is -0.217. The van der Waals surface area contributed by atoms with Crippen LogP contribution in [0.3, 0.4) is 0 Å². The molecule has 1 unspecified atom stereocenters. The normalized spacial score (nSPS) is 12.2. The predicted molar refractivity (Wildman–Crippen MR) is 87.2 cm³/mol. The van der Waals surface area contributed by atoms with Crippen LogP contribution in [0.1, 0.15) is 31.0 Å². The standard InChI is InChI=1S/C17H19BrFNO/c1-3-20-17(15-11-13(18)8-9-16(15)19)12-6-5-7-14(10-12)21-4-2/h5-11,17,20H,3-4H2,1-2H3. The Bertz CT molecular complexity index is 603. The van der Waals surface area contributed by atoms with Crippen molar-refractivity contribution < 1.29 is 9.13 Å². The number of halogens is 2. The highest BCUT2D eigenvalue weighted by atomic mass is 79.9. The first kappa shape index (κ1) is 16.0. The van der Waals surface area contributed by atoms with Gasteiger partial charge in [-0.1, -0.05) is 35.0 Å². The zero-order chi connectivity index (χ0) is 15.2. The molecule has 2 aromatic rings. The first-order valence-corrected chi connectivity index (χ1v) is 7.86. The molecule has 2 rings (SSSR count). The monoisotopic (exact) mass is 351 g/mol. The maximum atomic E-state index is 14.2. The zero-order valence-electron chi connectivity index (χ0n) is 12.2. The van der Waals surface area contributed by atoms with Crippen LogP contribution in [0.2, 0.25) is 0 Å². The van der Waals surface area contributed by atoms with Crippen molar-refractivity contribution in [2.45, 2.75) is 19.9 Å².